The predicted molar refractivity (Wildman–Crippen MR) is 119 cm³/mol. The van der Waals surface area contributed by atoms with Crippen molar-refractivity contribution in [1.29, 1.82) is 0 Å². The van der Waals surface area contributed by atoms with Gasteiger partial charge in [0.1, 0.15) is 0 Å². The second-order valence-corrected chi connectivity index (χ2v) is 8.86. The molecule has 1 fully saturated rings. The highest BCUT2D eigenvalue weighted by Crippen LogP contribution is 2.13. The first-order valence-corrected chi connectivity index (χ1v) is 11.5. The molecule has 1 heterocycles. The fourth-order valence-electron chi connectivity index (χ4n) is 3.61. The molecule has 0 aromatic heterocycles. The van der Waals surface area contributed by atoms with Gasteiger partial charge in [-0.05, 0) is 33.5 Å². The maximum absolute atomic E-state index is 10.3. The maximum Gasteiger partial charge on any atom is 0.0900 e. The highest BCUT2D eigenvalue weighted by Gasteiger charge is 2.19. The van der Waals surface area contributed by atoms with Crippen LogP contribution in [0.2, 0.25) is 0 Å². The monoisotopic (exact) mass is 400 g/mol. The maximum atomic E-state index is 10.3. The van der Waals surface area contributed by atoms with Gasteiger partial charge in [0.2, 0.25) is 0 Å². The number of likely N-dealkylation sites (N-methyl/N-ethyl adjacent to an activating group) is 2. The number of aliphatic hydroxyl groups excluding tert-OH is 1. The molecule has 0 aliphatic carbocycles. The number of hydrogen-bond donors (Lipinski definition) is 1. The first-order chi connectivity index (χ1) is 13.4. The summed E-state index contributed by atoms with van der Waals surface area (Å²) in [4.78, 5) is 9.58. The second kappa shape index (κ2) is 15.6. The molecule has 2 atom stereocenters. The Balaban J connectivity index is 2.10. The number of nitrogens with zero attached hydrogens (tertiary/aromatic N) is 4. The normalized spacial score (nSPS) is 18.9. The van der Waals surface area contributed by atoms with Gasteiger partial charge < -0.3 is 19.6 Å². The van der Waals surface area contributed by atoms with E-state index in [0.29, 0.717) is 12.5 Å². The van der Waals surface area contributed by atoms with E-state index in [2.05, 4.69) is 54.6 Å². The van der Waals surface area contributed by atoms with Gasteiger partial charge in [0.15, 0.2) is 0 Å². The Kier molecular flexibility index (Phi) is 14.4. The van der Waals surface area contributed by atoms with Crippen LogP contribution in [0.15, 0.2) is 0 Å². The van der Waals surface area contributed by atoms with Crippen molar-refractivity contribution in [2.75, 3.05) is 93.3 Å². The van der Waals surface area contributed by atoms with E-state index in [9.17, 15) is 5.11 Å². The molecule has 0 spiro atoms. The van der Waals surface area contributed by atoms with Gasteiger partial charge in [-0.3, -0.25) is 9.80 Å². The molecule has 1 rings (SSSR count). The Morgan fingerprint density at radius 1 is 0.929 bits per heavy atom. The van der Waals surface area contributed by atoms with E-state index in [1.165, 1.54) is 25.7 Å². The highest BCUT2D eigenvalue weighted by atomic mass is 16.5. The van der Waals surface area contributed by atoms with Gasteiger partial charge in [0.05, 0.1) is 12.7 Å². The topological polar surface area (TPSA) is 42.4 Å². The Morgan fingerprint density at radius 2 is 1.61 bits per heavy atom. The van der Waals surface area contributed by atoms with Gasteiger partial charge in [0, 0.05) is 65.5 Å². The van der Waals surface area contributed by atoms with Crippen LogP contribution in [0, 0.1) is 5.92 Å². The molecule has 6 heteroatoms. The van der Waals surface area contributed by atoms with Crippen molar-refractivity contribution in [2.24, 2.45) is 5.92 Å². The zero-order valence-corrected chi connectivity index (χ0v) is 19.4. The fourth-order valence-corrected chi connectivity index (χ4v) is 3.61. The number of aliphatic hydroxyl groups is 1. The molecule has 2 unspecified atom stereocenters. The van der Waals surface area contributed by atoms with E-state index in [0.717, 1.165) is 65.5 Å². The van der Waals surface area contributed by atoms with E-state index >= 15 is 0 Å². The molecule has 28 heavy (non-hydrogen) atoms. The summed E-state index contributed by atoms with van der Waals surface area (Å²) in [5.41, 5.74) is 0. The van der Waals surface area contributed by atoms with Crippen molar-refractivity contribution in [3.05, 3.63) is 0 Å². The number of hydrogen-bond acceptors (Lipinski definition) is 6. The molecule has 1 aliphatic heterocycles. The minimum atomic E-state index is -0.368. The number of piperazine rings is 1. The first-order valence-electron chi connectivity index (χ1n) is 11.5. The van der Waals surface area contributed by atoms with Crippen molar-refractivity contribution in [3.8, 4) is 0 Å². The molecule has 0 amide bonds. The van der Waals surface area contributed by atoms with Gasteiger partial charge in [-0.25, -0.2) is 0 Å². The zero-order chi connectivity index (χ0) is 20.8. The number of unbranched alkanes of at least 4 members (excludes halogenated alkanes) is 1. The third kappa shape index (κ3) is 12.3. The molecule has 1 saturated heterocycles. The van der Waals surface area contributed by atoms with E-state index in [4.69, 9.17) is 4.74 Å². The molecular weight excluding hydrogens is 352 g/mol. The van der Waals surface area contributed by atoms with E-state index in [-0.39, 0.29) is 6.10 Å². The van der Waals surface area contributed by atoms with Crippen LogP contribution in [0.25, 0.3) is 0 Å². The molecule has 1 aliphatic rings. The molecule has 1 N–H and O–H groups in total. The van der Waals surface area contributed by atoms with E-state index in [1.54, 1.807) is 0 Å². The minimum absolute atomic E-state index is 0.368. The lowest BCUT2D eigenvalue weighted by Gasteiger charge is -2.36. The lowest BCUT2D eigenvalue weighted by molar-refractivity contribution is -0.00457. The van der Waals surface area contributed by atoms with Gasteiger partial charge in [0.25, 0.3) is 0 Å². The molecule has 0 radical (unpaired) electrons. The summed E-state index contributed by atoms with van der Waals surface area (Å²) in [6.45, 7) is 15.3. The minimum Gasteiger partial charge on any atom is -0.389 e. The zero-order valence-electron chi connectivity index (χ0n) is 19.4. The quantitative estimate of drug-likeness (QED) is 0.425. The summed E-state index contributed by atoms with van der Waals surface area (Å²) in [5, 5.41) is 10.3. The van der Waals surface area contributed by atoms with Crippen molar-refractivity contribution < 1.29 is 9.84 Å². The number of rotatable bonds is 16. The van der Waals surface area contributed by atoms with Gasteiger partial charge in [-0.1, -0.05) is 33.1 Å². The van der Waals surface area contributed by atoms with Gasteiger partial charge in [-0.15, -0.1) is 0 Å². The standard InChI is InChI=1S/C22H48N4O2/c1-6-8-9-21(7-2)19-28-20-22(27)18-26-16-14-25(15-17-26)13-12-24(5)11-10-23(3)4/h21-22,27H,6-20H2,1-5H3. The summed E-state index contributed by atoms with van der Waals surface area (Å²) in [6, 6.07) is 0. The van der Waals surface area contributed by atoms with E-state index in [1.807, 2.05) is 0 Å². The van der Waals surface area contributed by atoms with Crippen molar-refractivity contribution in [1.82, 2.24) is 19.6 Å². The molecule has 0 bridgehead atoms. The fraction of sp³-hybridized carbons (Fsp3) is 1.00. The molecule has 0 aromatic carbocycles. The molecule has 6 nitrogen and oxygen atoms in total. The van der Waals surface area contributed by atoms with E-state index < -0.39 is 0 Å². The van der Waals surface area contributed by atoms with Crippen LogP contribution in [0.4, 0.5) is 0 Å². The van der Waals surface area contributed by atoms with Crippen LogP contribution in [-0.2, 0) is 4.74 Å². The summed E-state index contributed by atoms with van der Waals surface area (Å²) >= 11 is 0. The van der Waals surface area contributed by atoms with Crippen LogP contribution in [0.5, 0.6) is 0 Å². The molecule has 0 saturated carbocycles. The Morgan fingerprint density at radius 3 is 2.21 bits per heavy atom. The van der Waals surface area contributed by atoms with Crippen LogP contribution in [0.3, 0.4) is 0 Å². The van der Waals surface area contributed by atoms with Crippen LogP contribution < -0.4 is 0 Å². The summed E-state index contributed by atoms with van der Waals surface area (Å²) in [7, 11) is 6.46. The average Bonchev–Trinajstić information content (AvgIpc) is 2.68. The smallest absolute Gasteiger partial charge is 0.0900 e. The lowest BCUT2D eigenvalue weighted by Crippen LogP contribution is -2.50. The lowest BCUT2D eigenvalue weighted by atomic mass is 10.0. The molecule has 168 valence electrons. The Bertz CT molecular complexity index is 362. The largest absolute Gasteiger partial charge is 0.389 e. The van der Waals surface area contributed by atoms with Crippen LogP contribution >= 0.6 is 0 Å². The van der Waals surface area contributed by atoms with Crippen molar-refractivity contribution in [3.63, 3.8) is 0 Å². The molecule has 0 aromatic rings. The SMILES string of the molecule is CCCCC(CC)COCC(O)CN1CCN(CCN(C)CCN(C)C)CC1. The van der Waals surface area contributed by atoms with Gasteiger partial charge in [-0.2, -0.15) is 0 Å². The Hall–Kier alpha value is -0.240. The number of β-amino-alcohol motifs (C(OH)–C–C–N with tert-alkyl or cyclic N) is 1. The Labute approximate surface area is 174 Å². The third-order valence-corrected chi connectivity index (χ3v) is 5.87. The second-order valence-electron chi connectivity index (χ2n) is 8.86. The average molecular weight is 401 g/mol. The number of ether oxygens (including phenoxy) is 1. The van der Waals surface area contributed by atoms with Crippen molar-refractivity contribution >= 4 is 0 Å². The first kappa shape index (κ1) is 25.8. The predicted octanol–water partition coefficient (Wildman–Crippen LogP) is 1.69. The van der Waals surface area contributed by atoms with Gasteiger partial charge >= 0.3 is 0 Å². The molecular formula is C22H48N4O2. The summed E-state index contributed by atoms with van der Waals surface area (Å²) in [5.74, 6) is 0.645. The van der Waals surface area contributed by atoms with Crippen LogP contribution in [-0.4, -0.2) is 124 Å². The summed E-state index contributed by atoms with van der Waals surface area (Å²) < 4.78 is 5.82. The third-order valence-electron chi connectivity index (χ3n) is 5.87. The van der Waals surface area contributed by atoms with Crippen molar-refractivity contribution in [2.45, 2.75) is 45.6 Å². The summed E-state index contributed by atoms with van der Waals surface area (Å²) in [6.07, 6.45) is 4.57. The van der Waals surface area contributed by atoms with Crippen LogP contribution in [0.1, 0.15) is 39.5 Å². The highest BCUT2D eigenvalue weighted by molar-refractivity contribution is 4.75.